The van der Waals surface area contributed by atoms with Gasteiger partial charge >= 0.3 is 0 Å². The van der Waals surface area contributed by atoms with Crippen LogP contribution in [0.2, 0.25) is 10.3 Å². The molecule has 0 saturated carbocycles. The Labute approximate surface area is 156 Å². The molecule has 3 rings (SSSR count). The van der Waals surface area contributed by atoms with E-state index in [0.29, 0.717) is 5.56 Å². The van der Waals surface area contributed by atoms with Gasteiger partial charge in [-0.15, -0.1) is 0 Å². The highest BCUT2D eigenvalue weighted by molar-refractivity contribution is 6.36. The normalized spacial score (nSPS) is 11.4. The maximum atomic E-state index is 13.8. The van der Waals surface area contributed by atoms with Crippen molar-refractivity contribution < 1.29 is 17.6 Å². The Morgan fingerprint density at radius 3 is 2.35 bits per heavy atom. The van der Waals surface area contributed by atoms with Crippen LogP contribution in [0.1, 0.15) is 5.56 Å². The number of anilines is 2. The molecule has 26 heavy (non-hydrogen) atoms. The van der Waals surface area contributed by atoms with E-state index in [1.54, 1.807) is 6.92 Å². The molecule has 1 aromatic heterocycles. The summed E-state index contributed by atoms with van der Waals surface area (Å²) in [6, 6.07) is 5.94. The summed E-state index contributed by atoms with van der Waals surface area (Å²) in [6.07, 6.45) is -2.77. The topological polar surface area (TPSA) is 29.0 Å². The molecule has 0 aliphatic rings. The number of nitrogens with zero attached hydrogens (tertiary/aromatic N) is 3. The van der Waals surface area contributed by atoms with Gasteiger partial charge in [-0.2, -0.15) is 4.98 Å². The van der Waals surface area contributed by atoms with Gasteiger partial charge in [-0.25, -0.2) is 22.5 Å². The molecule has 0 N–H and O–H groups in total. The van der Waals surface area contributed by atoms with Gasteiger partial charge < -0.3 is 4.90 Å². The highest BCUT2D eigenvalue weighted by Gasteiger charge is 2.22. The van der Waals surface area contributed by atoms with Crippen molar-refractivity contribution in [3.63, 3.8) is 0 Å². The third kappa shape index (κ3) is 3.83. The lowest BCUT2D eigenvalue weighted by Gasteiger charge is -2.25. The summed E-state index contributed by atoms with van der Waals surface area (Å²) in [5.74, 6) is -1.39. The van der Waals surface area contributed by atoms with Crippen molar-refractivity contribution in [2.45, 2.75) is 13.3 Å². The summed E-state index contributed by atoms with van der Waals surface area (Å²) in [4.78, 5) is 8.97. The summed E-state index contributed by atoms with van der Waals surface area (Å²) >= 11 is 11.9. The Balaban J connectivity index is 2.30. The molecule has 0 unspecified atom stereocenters. The maximum absolute atomic E-state index is 13.8. The summed E-state index contributed by atoms with van der Waals surface area (Å²) in [7, 11) is 0. The molecule has 2 aromatic carbocycles. The molecule has 3 nitrogen and oxygen atoms in total. The average Bonchev–Trinajstić information content (AvgIpc) is 2.52. The molecule has 136 valence electrons. The lowest BCUT2D eigenvalue weighted by atomic mass is 10.1. The number of alkyl halides is 2. The summed E-state index contributed by atoms with van der Waals surface area (Å²) < 4.78 is 54.1. The van der Waals surface area contributed by atoms with Crippen LogP contribution in [-0.4, -0.2) is 22.9 Å². The van der Waals surface area contributed by atoms with Gasteiger partial charge in [-0.1, -0.05) is 11.6 Å². The molecule has 0 fully saturated rings. The summed E-state index contributed by atoms with van der Waals surface area (Å²) in [5, 5.41) is -0.215. The van der Waals surface area contributed by atoms with Gasteiger partial charge in [0.05, 0.1) is 17.1 Å². The Morgan fingerprint density at radius 1 is 1.00 bits per heavy atom. The first-order valence-electron chi connectivity index (χ1n) is 7.40. The lowest BCUT2D eigenvalue weighted by molar-refractivity contribution is 0.158. The Kier molecular flexibility index (Phi) is 5.20. The summed E-state index contributed by atoms with van der Waals surface area (Å²) in [6.45, 7) is 0.814. The number of hydrogen-bond acceptors (Lipinski definition) is 3. The van der Waals surface area contributed by atoms with E-state index in [1.807, 2.05) is 0 Å². The Bertz CT molecular complexity index is 962. The number of rotatable bonds is 4. The third-order valence-electron chi connectivity index (χ3n) is 3.59. The Hall–Kier alpha value is -2.12. The molecule has 9 heteroatoms. The number of hydrogen-bond donors (Lipinski definition) is 0. The summed E-state index contributed by atoms with van der Waals surface area (Å²) in [5.41, 5.74) is 0.752. The van der Waals surface area contributed by atoms with Gasteiger partial charge in [0.15, 0.2) is 0 Å². The monoisotopic (exact) mass is 403 g/mol. The molecule has 1 heterocycles. The van der Waals surface area contributed by atoms with E-state index >= 15 is 0 Å². The smallest absolute Gasteiger partial charge is 0.256 e. The van der Waals surface area contributed by atoms with Crippen LogP contribution in [0.4, 0.5) is 29.1 Å². The van der Waals surface area contributed by atoms with E-state index < -0.39 is 24.6 Å². The van der Waals surface area contributed by atoms with Crippen LogP contribution in [0.3, 0.4) is 0 Å². The minimum Gasteiger partial charge on any atom is -0.320 e. The van der Waals surface area contributed by atoms with Gasteiger partial charge in [0.1, 0.15) is 17.5 Å². The average molecular weight is 404 g/mol. The van der Waals surface area contributed by atoms with E-state index in [-0.39, 0.29) is 32.7 Å². The van der Waals surface area contributed by atoms with Crippen molar-refractivity contribution in [3.05, 3.63) is 57.8 Å². The zero-order valence-electron chi connectivity index (χ0n) is 13.3. The van der Waals surface area contributed by atoms with Crippen molar-refractivity contribution in [3.8, 4) is 0 Å². The van der Waals surface area contributed by atoms with Crippen LogP contribution in [0.15, 0.2) is 30.3 Å². The standard InChI is InChI=1S/C17H11Cl2F4N3/c1-8-2-9(20)4-11(3-8)26(7-14(22)23)16-12-5-10(21)6-13(18)15(12)24-17(19)25-16/h2-6,14H,7H2,1H3. The van der Waals surface area contributed by atoms with Gasteiger partial charge in [0.25, 0.3) is 6.43 Å². The minimum atomic E-state index is -2.77. The molecule has 0 aliphatic carbocycles. The largest absolute Gasteiger partial charge is 0.320 e. The molecule has 0 atom stereocenters. The molecule has 0 spiro atoms. The van der Waals surface area contributed by atoms with E-state index in [0.717, 1.165) is 23.1 Å². The second-order valence-electron chi connectivity index (χ2n) is 5.59. The highest BCUT2D eigenvalue weighted by atomic mass is 35.5. The molecule has 0 saturated heterocycles. The first-order chi connectivity index (χ1) is 12.2. The first-order valence-corrected chi connectivity index (χ1v) is 8.15. The quantitative estimate of drug-likeness (QED) is 0.399. The fraction of sp³-hybridized carbons (Fsp3) is 0.176. The Morgan fingerprint density at radius 2 is 1.69 bits per heavy atom. The second-order valence-corrected chi connectivity index (χ2v) is 6.33. The van der Waals surface area contributed by atoms with Crippen molar-refractivity contribution in [1.29, 1.82) is 0 Å². The molecular weight excluding hydrogens is 393 g/mol. The number of benzene rings is 2. The predicted molar refractivity (Wildman–Crippen MR) is 93.7 cm³/mol. The third-order valence-corrected chi connectivity index (χ3v) is 4.04. The van der Waals surface area contributed by atoms with Crippen molar-refractivity contribution in [2.24, 2.45) is 0 Å². The fourth-order valence-electron chi connectivity index (χ4n) is 2.65. The van der Waals surface area contributed by atoms with Crippen LogP contribution in [0.25, 0.3) is 10.9 Å². The van der Waals surface area contributed by atoms with Gasteiger partial charge in [-0.05, 0) is 54.4 Å². The van der Waals surface area contributed by atoms with E-state index in [2.05, 4.69) is 9.97 Å². The molecular formula is C17H11Cl2F4N3. The number of halogens is 6. The first kappa shape index (κ1) is 18.7. The zero-order valence-corrected chi connectivity index (χ0v) is 14.8. The van der Waals surface area contributed by atoms with Crippen molar-refractivity contribution in [2.75, 3.05) is 11.4 Å². The van der Waals surface area contributed by atoms with E-state index in [4.69, 9.17) is 23.2 Å². The van der Waals surface area contributed by atoms with Crippen LogP contribution in [0.5, 0.6) is 0 Å². The fourth-order valence-corrected chi connectivity index (χ4v) is 3.06. The van der Waals surface area contributed by atoms with Crippen LogP contribution in [0, 0.1) is 18.6 Å². The van der Waals surface area contributed by atoms with Crippen LogP contribution >= 0.6 is 23.2 Å². The van der Waals surface area contributed by atoms with Crippen molar-refractivity contribution in [1.82, 2.24) is 9.97 Å². The number of fused-ring (bicyclic) bond motifs is 1. The van der Waals surface area contributed by atoms with Gasteiger partial charge in [0, 0.05) is 11.1 Å². The minimum absolute atomic E-state index is 0.0435. The van der Waals surface area contributed by atoms with Gasteiger partial charge in [0.2, 0.25) is 5.28 Å². The molecule has 0 aliphatic heterocycles. The number of aryl methyl sites for hydroxylation is 1. The molecule has 3 aromatic rings. The highest BCUT2D eigenvalue weighted by Crippen LogP contribution is 2.35. The van der Waals surface area contributed by atoms with Crippen LogP contribution in [-0.2, 0) is 0 Å². The second kappa shape index (κ2) is 7.25. The SMILES string of the molecule is Cc1cc(F)cc(N(CC(F)F)c2nc(Cl)nc3c(Cl)cc(F)cc23)c1. The van der Waals surface area contributed by atoms with E-state index in [1.165, 1.54) is 12.1 Å². The zero-order chi connectivity index (χ0) is 19.0. The number of aromatic nitrogens is 2. The predicted octanol–water partition coefficient (Wildman–Crippen LogP) is 5.93. The maximum Gasteiger partial charge on any atom is 0.256 e. The van der Waals surface area contributed by atoms with Gasteiger partial charge in [-0.3, -0.25) is 0 Å². The van der Waals surface area contributed by atoms with E-state index in [9.17, 15) is 17.6 Å². The lowest BCUT2D eigenvalue weighted by Crippen LogP contribution is -2.25. The van der Waals surface area contributed by atoms with Crippen molar-refractivity contribution >= 4 is 45.6 Å². The molecule has 0 amide bonds. The molecule has 0 radical (unpaired) electrons. The molecule has 0 bridgehead atoms. The van der Waals surface area contributed by atoms with Crippen LogP contribution < -0.4 is 4.90 Å².